The molecule has 0 bridgehead atoms. The summed E-state index contributed by atoms with van der Waals surface area (Å²) >= 11 is 6.06. The third kappa shape index (κ3) is 2.97. The molecule has 0 aliphatic carbocycles. The van der Waals surface area contributed by atoms with E-state index in [2.05, 4.69) is 30.7 Å². The highest BCUT2D eigenvalue weighted by Crippen LogP contribution is 2.42. The quantitative estimate of drug-likeness (QED) is 0.676. The lowest BCUT2D eigenvalue weighted by Gasteiger charge is -2.29. The van der Waals surface area contributed by atoms with Crippen LogP contribution in [-0.2, 0) is 13.6 Å². The van der Waals surface area contributed by atoms with Gasteiger partial charge in [0.25, 0.3) is 5.91 Å². The van der Waals surface area contributed by atoms with E-state index in [-0.39, 0.29) is 5.91 Å². The topological polar surface area (TPSA) is 88.0 Å². The van der Waals surface area contributed by atoms with E-state index in [9.17, 15) is 4.79 Å². The summed E-state index contributed by atoms with van der Waals surface area (Å²) in [6.45, 7) is 0.647. The highest BCUT2D eigenvalue weighted by Gasteiger charge is 2.26. The van der Waals surface area contributed by atoms with Gasteiger partial charge in [0.15, 0.2) is 0 Å². The lowest BCUT2D eigenvalue weighted by Crippen LogP contribution is -2.23. The van der Waals surface area contributed by atoms with Crippen molar-refractivity contribution in [2.75, 3.05) is 24.3 Å². The Balaban J connectivity index is 1.82. The predicted molar refractivity (Wildman–Crippen MR) is 104 cm³/mol. The first-order valence-electron chi connectivity index (χ1n) is 8.37. The number of hydrogen-bond acceptors (Lipinski definition) is 6. The number of carbonyl (C=O) groups excluding carboxylic acids is 1. The van der Waals surface area contributed by atoms with Gasteiger partial charge in [0, 0.05) is 32.9 Å². The number of aromatic nitrogens is 4. The van der Waals surface area contributed by atoms with Crippen molar-refractivity contribution in [2.24, 2.45) is 7.05 Å². The van der Waals surface area contributed by atoms with Crippen molar-refractivity contribution < 1.29 is 4.79 Å². The molecule has 2 N–H and O–H groups in total. The van der Waals surface area contributed by atoms with Crippen molar-refractivity contribution in [1.82, 2.24) is 25.3 Å². The standard InChI is InChI=1S/C18H18ClN7O/c1-20-18(27)11-8-21-15(19)7-13(11)22-12-6-4-5-10-16-14(23-26(3)24-16)9-25(2)17(10)12/h4-8H,9H2,1-3H3,(H,20,27)(H,21,22). The van der Waals surface area contributed by atoms with Crippen molar-refractivity contribution in [1.29, 1.82) is 0 Å². The maximum Gasteiger partial charge on any atom is 0.254 e. The molecular weight excluding hydrogens is 366 g/mol. The number of aryl methyl sites for hydroxylation is 1. The molecule has 0 unspecified atom stereocenters. The number of hydrogen-bond donors (Lipinski definition) is 2. The Morgan fingerprint density at radius 1 is 1.22 bits per heavy atom. The van der Waals surface area contributed by atoms with E-state index in [1.54, 1.807) is 17.9 Å². The third-order valence-electron chi connectivity index (χ3n) is 4.45. The first-order chi connectivity index (χ1) is 13.0. The van der Waals surface area contributed by atoms with Crippen LogP contribution in [0.5, 0.6) is 0 Å². The molecule has 4 rings (SSSR count). The van der Waals surface area contributed by atoms with Gasteiger partial charge in [0.1, 0.15) is 16.5 Å². The molecule has 9 heteroatoms. The molecule has 1 amide bonds. The molecule has 0 spiro atoms. The fourth-order valence-corrected chi connectivity index (χ4v) is 3.47. The lowest BCUT2D eigenvalue weighted by atomic mass is 10.0. The number of benzene rings is 1. The summed E-state index contributed by atoms with van der Waals surface area (Å²) < 4.78 is 0. The normalized spacial score (nSPS) is 12.4. The van der Waals surface area contributed by atoms with Gasteiger partial charge in [0.05, 0.1) is 29.2 Å². The average molecular weight is 384 g/mol. The van der Waals surface area contributed by atoms with Crippen LogP contribution in [0, 0.1) is 0 Å². The van der Waals surface area contributed by atoms with Gasteiger partial charge in [-0.2, -0.15) is 15.0 Å². The summed E-state index contributed by atoms with van der Waals surface area (Å²) in [5.74, 6) is -0.240. The molecule has 27 heavy (non-hydrogen) atoms. The average Bonchev–Trinajstić information content (AvgIpc) is 3.01. The molecular formula is C18H18ClN7O. The van der Waals surface area contributed by atoms with E-state index < -0.39 is 0 Å². The molecule has 1 aliphatic rings. The van der Waals surface area contributed by atoms with Crippen LogP contribution in [0.3, 0.4) is 0 Å². The van der Waals surface area contributed by atoms with Crippen molar-refractivity contribution in [3.05, 3.63) is 46.9 Å². The van der Waals surface area contributed by atoms with Gasteiger partial charge in [-0.3, -0.25) is 4.79 Å². The van der Waals surface area contributed by atoms with Gasteiger partial charge in [-0.1, -0.05) is 23.7 Å². The number of nitrogens with zero attached hydrogens (tertiary/aromatic N) is 5. The monoisotopic (exact) mass is 383 g/mol. The number of carbonyl (C=O) groups is 1. The van der Waals surface area contributed by atoms with Crippen LogP contribution in [0.2, 0.25) is 5.15 Å². The first-order valence-corrected chi connectivity index (χ1v) is 8.75. The molecule has 138 valence electrons. The van der Waals surface area contributed by atoms with Crippen LogP contribution in [-0.4, -0.2) is 40.0 Å². The zero-order valence-corrected chi connectivity index (χ0v) is 15.9. The number of rotatable bonds is 3. The maximum absolute atomic E-state index is 12.2. The van der Waals surface area contributed by atoms with Crippen LogP contribution < -0.4 is 15.5 Å². The largest absolute Gasteiger partial charge is 0.366 e. The van der Waals surface area contributed by atoms with E-state index in [0.717, 1.165) is 28.3 Å². The van der Waals surface area contributed by atoms with Crippen LogP contribution in [0.25, 0.3) is 11.3 Å². The smallest absolute Gasteiger partial charge is 0.254 e. The number of pyridine rings is 1. The summed E-state index contributed by atoms with van der Waals surface area (Å²) in [6, 6.07) is 7.56. The Morgan fingerprint density at radius 3 is 2.81 bits per heavy atom. The van der Waals surface area contributed by atoms with Gasteiger partial charge >= 0.3 is 0 Å². The van der Waals surface area contributed by atoms with Gasteiger partial charge in [-0.05, 0) is 12.1 Å². The minimum Gasteiger partial charge on any atom is -0.366 e. The molecule has 3 heterocycles. The second-order valence-corrected chi connectivity index (χ2v) is 6.69. The maximum atomic E-state index is 12.2. The molecule has 8 nitrogen and oxygen atoms in total. The second kappa shape index (κ2) is 6.55. The van der Waals surface area contributed by atoms with Crippen molar-refractivity contribution in [3.63, 3.8) is 0 Å². The number of para-hydroxylation sites is 1. The Kier molecular flexibility index (Phi) is 4.19. The molecule has 3 aromatic rings. The molecule has 1 aromatic carbocycles. The van der Waals surface area contributed by atoms with Crippen LogP contribution in [0.1, 0.15) is 16.1 Å². The van der Waals surface area contributed by atoms with E-state index in [1.165, 1.54) is 6.20 Å². The van der Waals surface area contributed by atoms with Crippen LogP contribution in [0.4, 0.5) is 17.1 Å². The molecule has 0 saturated heterocycles. The predicted octanol–water partition coefficient (Wildman–Crippen LogP) is 2.58. The zero-order chi connectivity index (χ0) is 19.1. The third-order valence-corrected chi connectivity index (χ3v) is 4.66. The SMILES string of the molecule is CNC(=O)c1cnc(Cl)cc1Nc1cccc2c1N(C)Cc1nn(C)nc1-2. The van der Waals surface area contributed by atoms with Gasteiger partial charge < -0.3 is 15.5 Å². The summed E-state index contributed by atoms with van der Waals surface area (Å²) in [5, 5.41) is 15.2. The summed E-state index contributed by atoms with van der Waals surface area (Å²) in [6.07, 6.45) is 1.46. The van der Waals surface area contributed by atoms with E-state index in [0.29, 0.717) is 22.9 Å². The van der Waals surface area contributed by atoms with Crippen LogP contribution >= 0.6 is 11.6 Å². The molecule has 2 aromatic heterocycles. The number of amides is 1. The minimum absolute atomic E-state index is 0.240. The fraction of sp³-hybridized carbons (Fsp3) is 0.222. The second-order valence-electron chi connectivity index (χ2n) is 6.30. The van der Waals surface area contributed by atoms with Gasteiger partial charge in [-0.25, -0.2) is 4.98 Å². The highest BCUT2D eigenvalue weighted by molar-refractivity contribution is 6.29. The summed E-state index contributed by atoms with van der Waals surface area (Å²) in [7, 11) is 5.39. The van der Waals surface area contributed by atoms with Crippen molar-refractivity contribution >= 4 is 34.6 Å². The Bertz CT molecular complexity index is 1050. The summed E-state index contributed by atoms with van der Waals surface area (Å²) in [4.78, 5) is 19.9. The number of halogens is 1. The first kappa shape index (κ1) is 17.3. The Labute approximate surface area is 161 Å². The molecule has 1 aliphatic heterocycles. The molecule has 0 saturated carbocycles. The fourth-order valence-electron chi connectivity index (χ4n) is 3.31. The Hall–Kier alpha value is -3.13. The van der Waals surface area contributed by atoms with Crippen LogP contribution in [0.15, 0.2) is 30.5 Å². The summed E-state index contributed by atoms with van der Waals surface area (Å²) in [5.41, 5.74) is 5.62. The Morgan fingerprint density at radius 2 is 2.04 bits per heavy atom. The molecule has 0 fully saturated rings. The van der Waals surface area contributed by atoms with Gasteiger partial charge in [-0.15, -0.1) is 0 Å². The molecule has 0 radical (unpaired) electrons. The van der Waals surface area contributed by atoms with E-state index >= 15 is 0 Å². The number of nitrogens with one attached hydrogen (secondary N) is 2. The van der Waals surface area contributed by atoms with Gasteiger partial charge in [0.2, 0.25) is 0 Å². The van der Waals surface area contributed by atoms with E-state index in [4.69, 9.17) is 11.6 Å². The number of fused-ring (bicyclic) bond motifs is 3. The van der Waals surface area contributed by atoms with Crippen molar-refractivity contribution in [2.45, 2.75) is 6.54 Å². The highest BCUT2D eigenvalue weighted by atomic mass is 35.5. The zero-order valence-electron chi connectivity index (χ0n) is 15.1. The van der Waals surface area contributed by atoms with E-state index in [1.807, 2.05) is 32.3 Å². The minimum atomic E-state index is -0.240. The number of anilines is 3. The molecule has 0 atom stereocenters. The lowest BCUT2D eigenvalue weighted by molar-refractivity contribution is 0.0963. The van der Waals surface area contributed by atoms with Crippen molar-refractivity contribution in [3.8, 4) is 11.3 Å².